The topological polar surface area (TPSA) is 89.8 Å². The van der Waals surface area contributed by atoms with Crippen molar-refractivity contribution < 1.29 is 20.1 Å². The predicted molar refractivity (Wildman–Crippen MR) is 40.6 cm³/mol. The van der Waals surface area contributed by atoms with Gasteiger partial charge < -0.3 is 20.6 Å². The van der Waals surface area contributed by atoms with Gasteiger partial charge in [0, 0.05) is 25.6 Å². The maximum absolute atomic E-state index is 10.5. The second-order valence-electron chi connectivity index (χ2n) is 3.04. The van der Waals surface area contributed by atoms with Gasteiger partial charge in [-0.15, -0.1) is 0 Å². The van der Waals surface area contributed by atoms with E-state index in [1.54, 1.807) is 0 Å². The first-order valence-electron chi connectivity index (χ1n) is 3.89. The summed E-state index contributed by atoms with van der Waals surface area (Å²) in [5.41, 5.74) is 0. The Kier molecular flexibility index (Phi) is 3.02. The number of aliphatic carboxylic acids is 1. The number of hydrogen-bond donors (Lipinski definition) is 4. The zero-order valence-electron chi connectivity index (χ0n) is 6.60. The minimum Gasteiger partial charge on any atom is -0.481 e. The van der Waals surface area contributed by atoms with Crippen molar-refractivity contribution in [2.24, 2.45) is 11.8 Å². The summed E-state index contributed by atoms with van der Waals surface area (Å²) in [4.78, 5) is 10.5. The van der Waals surface area contributed by atoms with E-state index in [9.17, 15) is 9.90 Å². The molecule has 0 aromatic rings. The molecular formula is C7H13NO4. The zero-order valence-corrected chi connectivity index (χ0v) is 6.60. The van der Waals surface area contributed by atoms with Gasteiger partial charge in [-0.05, 0) is 0 Å². The van der Waals surface area contributed by atoms with Crippen molar-refractivity contribution in [3.8, 4) is 0 Å². The summed E-state index contributed by atoms with van der Waals surface area (Å²) in [6.07, 6.45) is -0.936. The zero-order chi connectivity index (χ0) is 9.14. The van der Waals surface area contributed by atoms with Crippen LogP contribution >= 0.6 is 0 Å². The molecule has 0 aliphatic carbocycles. The standard InChI is InChI=1S/C7H13NO4/c9-3-4-1-8-2-5(6(4)10)7(11)12/h4-6,8-10H,1-3H2,(H,11,12)/t4-,5+,6-/m1/s1. The van der Waals surface area contributed by atoms with Gasteiger partial charge >= 0.3 is 5.97 Å². The first-order chi connectivity index (χ1) is 5.66. The quantitative estimate of drug-likeness (QED) is 0.400. The number of nitrogens with one attached hydrogen (secondary N) is 1. The fourth-order valence-electron chi connectivity index (χ4n) is 1.40. The van der Waals surface area contributed by atoms with Crippen LogP contribution in [0, 0.1) is 11.8 Å². The molecule has 3 atom stereocenters. The van der Waals surface area contributed by atoms with Crippen molar-refractivity contribution >= 4 is 5.97 Å². The SMILES string of the molecule is O=C(O)[C@H]1CNC[C@H](CO)[C@H]1O. The number of carbonyl (C=O) groups is 1. The van der Waals surface area contributed by atoms with Crippen LogP contribution in [0.4, 0.5) is 0 Å². The molecule has 0 aromatic carbocycles. The number of carboxylic acid groups (broad SMARTS) is 1. The summed E-state index contributed by atoms with van der Waals surface area (Å²) in [6, 6.07) is 0. The maximum atomic E-state index is 10.5. The Bertz CT molecular complexity index is 173. The Labute approximate surface area is 70.0 Å². The van der Waals surface area contributed by atoms with Crippen molar-refractivity contribution in [1.82, 2.24) is 5.32 Å². The number of carboxylic acids is 1. The van der Waals surface area contributed by atoms with E-state index in [0.29, 0.717) is 6.54 Å². The summed E-state index contributed by atoms with van der Waals surface area (Å²) in [6.45, 7) is 0.562. The molecule has 5 heteroatoms. The van der Waals surface area contributed by atoms with Gasteiger partial charge in [0.2, 0.25) is 0 Å². The van der Waals surface area contributed by atoms with E-state index in [0.717, 1.165) is 0 Å². The van der Waals surface area contributed by atoms with Crippen LogP contribution < -0.4 is 5.32 Å². The van der Waals surface area contributed by atoms with Gasteiger partial charge in [-0.3, -0.25) is 4.79 Å². The summed E-state index contributed by atoms with van der Waals surface area (Å²) in [7, 11) is 0. The number of hydrogen-bond acceptors (Lipinski definition) is 4. The van der Waals surface area contributed by atoms with Gasteiger partial charge in [0.25, 0.3) is 0 Å². The molecule has 0 saturated carbocycles. The van der Waals surface area contributed by atoms with E-state index in [4.69, 9.17) is 10.2 Å². The van der Waals surface area contributed by atoms with Gasteiger partial charge in [0.15, 0.2) is 0 Å². The third kappa shape index (κ3) is 1.74. The Morgan fingerprint density at radius 2 is 2.17 bits per heavy atom. The molecule has 5 nitrogen and oxygen atoms in total. The lowest BCUT2D eigenvalue weighted by Gasteiger charge is -2.31. The van der Waals surface area contributed by atoms with Gasteiger partial charge in [0.05, 0.1) is 12.0 Å². The number of aliphatic hydroxyl groups is 2. The minimum absolute atomic E-state index is 0.183. The first kappa shape index (κ1) is 9.44. The average molecular weight is 175 g/mol. The lowest BCUT2D eigenvalue weighted by atomic mass is 9.88. The van der Waals surface area contributed by atoms with E-state index < -0.39 is 18.0 Å². The molecular weight excluding hydrogens is 162 g/mol. The molecule has 0 aromatic heterocycles. The average Bonchev–Trinajstić information content (AvgIpc) is 2.04. The number of rotatable bonds is 2. The van der Waals surface area contributed by atoms with Crippen LogP contribution in [0.15, 0.2) is 0 Å². The van der Waals surface area contributed by atoms with Crippen LogP contribution in [0.25, 0.3) is 0 Å². The van der Waals surface area contributed by atoms with Gasteiger partial charge in [-0.2, -0.15) is 0 Å². The second-order valence-corrected chi connectivity index (χ2v) is 3.04. The molecule has 12 heavy (non-hydrogen) atoms. The highest BCUT2D eigenvalue weighted by Crippen LogP contribution is 2.16. The normalized spacial score (nSPS) is 36.3. The van der Waals surface area contributed by atoms with E-state index in [2.05, 4.69) is 5.32 Å². The molecule has 70 valence electrons. The molecule has 0 amide bonds. The van der Waals surface area contributed by atoms with Gasteiger partial charge in [-0.1, -0.05) is 0 Å². The van der Waals surface area contributed by atoms with Crippen molar-refractivity contribution in [2.75, 3.05) is 19.7 Å². The lowest BCUT2D eigenvalue weighted by molar-refractivity contribution is -0.148. The number of piperidine rings is 1. The molecule has 0 bridgehead atoms. The van der Waals surface area contributed by atoms with Gasteiger partial charge in [0.1, 0.15) is 0 Å². The van der Waals surface area contributed by atoms with Crippen LogP contribution in [-0.2, 0) is 4.79 Å². The Balaban J connectivity index is 2.59. The molecule has 0 radical (unpaired) electrons. The molecule has 0 unspecified atom stereocenters. The predicted octanol–water partition coefficient (Wildman–Crippen LogP) is -1.74. The smallest absolute Gasteiger partial charge is 0.310 e. The molecule has 1 saturated heterocycles. The fourth-order valence-corrected chi connectivity index (χ4v) is 1.40. The summed E-state index contributed by atoms with van der Waals surface area (Å²) >= 11 is 0. The third-order valence-corrected chi connectivity index (χ3v) is 2.22. The Hall–Kier alpha value is -0.650. The van der Waals surface area contributed by atoms with Crippen molar-refractivity contribution in [3.05, 3.63) is 0 Å². The molecule has 4 N–H and O–H groups in total. The largest absolute Gasteiger partial charge is 0.481 e. The van der Waals surface area contributed by atoms with Crippen molar-refractivity contribution in [2.45, 2.75) is 6.10 Å². The maximum Gasteiger partial charge on any atom is 0.310 e. The lowest BCUT2D eigenvalue weighted by Crippen LogP contribution is -2.51. The monoisotopic (exact) mass is 175 g/mol. The molecule has 1 heterocycles. The van der Waals surface area contributed by atoms with Crippen LogP contribution in [0.1, 0.15) is 0 Å². The summed E-state index contributed by atoms with van der Waals surface area (Å²) in [5, 5.41) is 29.7. The van der Waals surface area contributed by atoms with Crippen molar-refractivity contribution in [1.29, 1.82) is 0 Å². The van der Waals surface area contributed by atoms with E-state index in [-0.39, 0.29) is 19.1 Å². The highest BCUT2D eigenvalue weighted by atomic mass is 16.4. The van der Waals surface area contributed by atoms with Crippen LogP contribution in [0.2, 0.25) is 0 Å². The van der Waals surface area contributed by atoms with Crippen molar-refractivity contribution in [3.63, 3.8) is 0 Å². The van der Waals surface area contributed by atoms with E-state index in [1.165, 1.54) is 0 Å². The highest BCUT2D eigenvalue weighted by molar-refractivity contribution is 5.71. The molecule has 0 spiro atoms. The number of aliphatic hydroxyl groups excluding tert-OH is 2. The second kappa shape index (κ2) is 3.84. The first-order valence-corrected chi connectivity index (χ1v) is 3.89. The molecule has 1 fully saturated rings. The molecule has 1 aliphatic rings. The molecule has 1 rings (SSSR count). The minimum atomic E-state index is -1.02. The summed E-state index contributed by atoms with van der Waals surface area (Å²) in [5.74, 6) is -2.18. The van der Waals surface area contributed by atoms with Crippen LogP contribution in [0.5, 0.6) is 0 Å². The van der Waals surface area contributed by atoms with Crippen LogP contribution in [-0.4, -0.2) is 47.1 Å². The highest BCUT2D eigenvalue weighted by Gasteiger charge is 2.35. The molecule has 1 aliphatic heterocycles. The summed E-state index contributed by atoms with van der Waals surface area (Å²) < 4.78 is 0. The third-order valence-electron chi connectivity index (χ3n) is 2.22. The van der Waals surface area contributed by atoms with E-state index in [1.807, 2.05) is 0 Å². The Morgan fingerprint density at radius 1 is 1.50 bits per heavy atom. The van der Waals surface area contributed by atoms with Gasteiger partial charge in [-0.25, -0.2) is 0 Å². The Morgan fingerprint density at radius 3 is 2.67 bits per heavy atom. The fraction of sp³-hybridized carbons (Fsp3) is 0.857. The van der Waals surface area contributed by atoms with Crippen LogP contribution in [0.3, 0.4) is 0 Å². The van der Waals surface area contributed by atoms with E-state index >= 15 is 0 Å².